The Balaban J connectivity index is 2.13. The topological polar surface area (TPSA) is 34.2 Å². The third-order valence-corrected chi connectivity index (χ3v) is 3.49. The maximum Gasteiger partial charge on any atom is 0.128 e. The summed E-state index contributed by atoms with van der Waals surface area (Å²) in [6, 6.07) is 7.98. The maximum atomic E-state index is 5.36. The second kappa shape index (κ2) is 6.52. The smallest absolute Gasteiger partial charge is 0.128 e. The first-order valence-corrected chi connectivity index (χ1v) is 7.01. The molecule has 1 heterocycles. The first kappa shape index (κ1) is 13.1. The molecule has 2 rings (SSSR count). The van der Waals surface area contributed by atoms with Crippen LogP contribution in [0.1, 0.15) is 18.4 Å². The van der Waals surface area contributed by atoms with Crippen LogP contribution >= 0.6 is 11.3 Å². The summed E-state index contributed by atoms with van der Waals surface area (Å²) in [5.41, 5.74) is 2.05. The average Bonchev–Trinajstić information content (AvgIpc) is 2.88. The minimum absolute atomic E-state index is 0.841. The summed E-state index contributed by atoms with van der Waals surface area (Å²) in [4.78, 5) is 4.64. The van der Waals surface area contributed by atoms with Gasteiger partial charge < -0.3 is 10.1 Å². The molecule has 0 amide bonds. The predicted molar refractivity (Wildman–Crippen MR) is 76.1 cm³/mol. The van der Waals surface area contributed by atoms with E-state index in [2.05, 4.69) is 22.6 Å². The van der Waals surface area contributed by atoms with E-state index in [0.717, 1.165) is 41.5 Å². The van der Waals surface area contributed by atoms with E-state index in [1.807, 2.05) is 24.3 Å². The summed E-state index contributed by atoms with van der Waals surface area (Å²) >= 11 is 1.68. The van der Waals surface area contributed by atoms with Gasteiger partial charge in [0.15, 0.2) is 0 Å². The summed E-state index contributed by atoms with van der Waals surface area (Å²) in [5.74, 6) is 0.871. The first-order chi connectivity index (χ1) is 8.85. The van der Waals surface area contributed by atoms with Gasteiger partial charge in [-0.15, -0.1) is 11.3 Å². The highest BCUT2D eigenvalue weighted by molar-refractivity contribution is 7.09. The molecule has 1 N–H and O–H groups in total. The lowest BCUT2D eigenvalue weighted by Gasteiger charge is -2.05. The van der Waals surface area contributed by atoms with E-state index in [9.17, 15) is 0 Å². The number of hydrogen-bond acceptors (Lipinski definition) is 4. The number of methoxy groups -OCH3 is 1. The van der Waals surface area contributed by atoms with Gasteiger partial charge in [-0.25, -0.2) is 4.98 Å². The van der Waals surface area contributed by atoms with Crippen LogP contribution in [0, 0.1) is 0 Å². The SMILES string of the molecule is CCCNCc1nc(-c2ccccc2OC)cs1. The molecule has 96 valence electrons. The summed E-state index contributed by atoms with van der Waals surface area (Å²) in [6.45, 7) is 4.03. The highest BCUT2D eigenvalue weighted by atomic mass is 32.1. The predicted octanol–water partition coefficient (Wildman–Crippen LogP) is 3.32. The number of aromatic nitrogens is 1. The molecule has 1 aromatic heterocycles. The monoisotopic (exact) mass is 262 g/mol. The normalized spacial score (nSPS) is 10.6. The number of nitrogens with one attached hydrogen (secondary N) is 1. The van der Waals surface area contributed by atoms with Gasteiger partial charge in [0.05, 0.1) is 12.8 Å². The molecule has 0 saturated carbocycles. The van der Waals surface area contributed by atoms with E-state index < -0.39 is 0 Å². The molecule has 0 atom stereocenters. The van der Waals surface area contributed by atoms with Gasteiger partial charge in [0.25, 0.3) is 0 Å². The van der Waals surface area contributed by atoms with Crippen LogP contribution in [0.3, 0.4) is 0 Å². The van der Waals surface area contributed by atoms with Gasteiger partial charge in [-0.3, -0.25) is 0 Å². The van der Waals surface area contributed by atoms with Crippen LogP contribution < -0.4 is 10.1 Å². The Hall–Kier alpha value is -1.39. The van der Waals surface area contributed by atoms with Crippen molar-refractivity contribution < 1.29 is 4.74 Å². The van der Waals surface area contributed by atoms with Crippen molar-refractivity contribution in [1.82, 2.24) is 10.3 Å². The molecule has 4 heteroatoms. The van der Waals surface area contributed by atoms with Crippen molar-refractivity contribution >= 4 is 11.3 Å². The first-order valence-electron chi connectivity index (χ1n) is 6.13. The zero-order valence-electron chi connectivity index (χ0n) is 10.8. The van der Waals surface area contributed by atoms with E-state index >= 15 is 0 Å². The van der Waals surface area contributed by atoms with Gasteiger partial charge >= 0.3 is 0 Å². The van der Waals surface area contributed by atoms with Crippen molar-refractivity contribution in [3.63, 3.8) is 0 Å². The lowest BCUT2D eigenvalue weighted by molar-refractivity contribution is 0.416. The third-order valence-electron chi connectivity index (χ3n) is 2.64. The van der Waals surface area contributed by atoms with Crippen LogP contribution in [0.4, 0.5) is 0 Å². The second-order valence-corrected chi connectivity index (χ2v) is 4.95. The molecule has 18 heavy (non-hydrogen) atoms. The van der Waals surface area contributed by atoms with Crippen LogP contribution in [-0.4, -0.2) is 18.6 Å². The minimum atomic E-state index is 0.841. The molecular formula is C14H18N2OS. The van der Waals surface area contributed by atoms with Gasteiger partial charge in [0, 0.05) is 17.5 Å². The number of benzene rings is 1. The van der Waals surface area contributed by atoms with E-state index in [4.69, 9.17) is 4.74 Å². The fraction of sp³-hybridized carbons (Fsp3) is 0.357. The van der Waals surface area contributed by atoms with E-state index in [-0.39, 0.29) is 0 Å². The molecule has 0 spiro atoms. The van der Waals surface area contributed by atoms with Crippen LogP contribution in [0.15, 0.2) is 29.6 Å². The summed E-state index contributed by atoms with van der Waals surface area (Å²) < 4.78 is 5.36. The van der Waals surface area contributed by atoms with Crippen LogP contribution in [0.2, 0.25) is 0 Å². The molecule has 0 aliphatic rings. The van der Waals surface area contributed by atoms with E-state index in [1.54, 1.807) is 18.4 Å². The van der Waals surface area contributed by atoms with Crippen LogP contribution in [0.5, 0.6) is 5.75 Å². The van der Waals surface area contributed by atoms with Crippen molar-refractivity contribution in [2.24, 2.45) is 0 Å². The Kier molecular flexibility index (Phi) is 4.73. The quantitative estimate of drug-likeness (QED) is 0.811. The van der Waals surface area contributed by atoms with Crippen molar-refractivity contribution in [2.45, 2.75) is 19.9 Å². The summed E-state index contributed by atoms with van der Waals surface area (Å²) in [7, 11) is 1.69. The van der Waals surface area contributed by atoms with Crippen molar-refractivity contribution in [3.8, 4) is 17.0 Å². The van der Waals surface area contributed by atoms with Gasteiger partial charge in [0.1, 0.15) is 10.8 Å². The fourth-order valence-corrected chi connectivity index (χ4v) is 2.51. The molecule has 3 nitrogen and oxygen atoms in total. The lowest BCUT2D eigenvalue weighted by atomic mass is 10.1. The summed E-state index contributed by atoms with van der Waals surface area (Å²) in [6.07, 6.45) is 1.14. The van der Waals surface area contributed by atoms with Gasteiger partial charge in [-0.1, -0.05) is 19.1 Å². The maximum absolute atomic E-state index is 5.36. The Labute approximate surface area is 112 Å². The van der Waals surface area contributed by atoms with E-state index in [0.29, 0.717) is 0 Å². The van der Waals surface area contributed by atoms with Crippen LogP contribution in [0.25, 0.3) is 11.3 Å². The lowest BCUT2D eigenvalue weighted by Crippen LogP contribution is -2.13. The van der Waals surface area contributed by atoms with Crippen molar-refractivity contribution in [2.75, 3.05) is 13.7 Å². The zero-order valence-corrected chi connectivity index (χ0v) is 11.6. The number of nitrogens with zero attached hydrogens (tertiary/aromatic N) is 1. The number of rotatable bonds is 6. The van der Waals surface area contributed by atoms with Crippen molar-refractivity contribution in [3.05, 3.63) is 34.7 Å². The molecule has 0 unspecified atom stereocenters. The second-order valence-electron chi connectivity index (χ2n) is 4.00. The Morgan fingerprint density at radius 3 is 2.94 bits per heavy atom. The Bertz CT molecular complexity index is 496. The molecular weight excluding hydrogens is 244 g/mol. The van der Waals surface area contributed by atoms with Gasteiger partial charge in [-0.05, 0) is 25.1 Å². The molecule has 0 radical (unpaired) electrons. The average molecular weight is 262 g/mol. The van der Waals surface area contributed by atoms with Crippen molar-refractivity contribution in [1.29, 1.82) is 0 Å². The van der Waals surface area contributed by atoms with E-state index in [1.165, 1.54) is 0 Å². The minimum Gasteiger partial charge on any atom is -0.496 e. The highest BCUT2D eigenvalue weighted by Gasteiger charge is 2.08. The number of thiazole rings is 1. The molecule has 0 fully saturated rings. The molecule has 0 saturated heterocycles. The standard InChI is InChI=1S/C14H18N2OS/c1-3-8-15-9-14-16-12(10-18-14)11-6-4-5-7-13(11)17-2/h4-7,10,15H,3,8-9H2,1-2H3. The number of hydrogen-bond donors (Lipinski definition) is 1. The Morgan fingerprint density at radius 1 is 1.33 bits per heavy atom. The molecule has 1 aromatic carbocycles. The third kappa shape index (κ3) is 3.09. The molecule has 2 aromatic rings. The summed E-state index contributed by atoms with van der Waals surface area (Å²) in [5, 5.41) is 6.56. The van der Waals surface area contributed by atoms with Gasteiger partial charge in [0.2, 0.25) is 0 Å². The Morgan fingerprint density at radius 2 is 2.17 bits per heavy atom. The molecule has 0 aliphatic heterocycles. The molecule has 0 bridgehead atoms. The van der Waals surface area contributed by atoms with Gasteiger partial charge in [-0.2, -0.15) is 0 Å². The highest BCUT2D eigenvalue weighted by Crippen LogP contribution is 2.30. The fourth-order valence-electron chi connectivity index (χ4n) is 1.74. The number of ether oxygens (including phenoxy) is 1. The number of para-hydroxylation sites is 1. The largest absolute Gasteiger partial charge is 0.496 e. The molecule has 0 aliphatic carbocycles. The zero-order chi connectivity index (χ0) is 12.8. The van der Waals surface area contributed by atoms with Crippen LogP contribution in [-0.2, 0) is 6.54 Å².